The Morgan fingerprint density at radius 2 is 2.06 bits per heavy atom. The van der Waals surface area contributed by atoms with Gasteiger partial charge in [0.05, 0.1) is 25.3 Å². The van der Waals surface area contributed by atoms with E-state index in [2.05, 4.69) is 25.6 Å². The number of hydrogen-bond acceptors (Lipinski definition) is 8. The highest BCUT2D eigenvalue weighted by Crippen LogP contribution is 2.27. The first-order chi connectivity index (χ1) is 16.1. The largest absolute Gasteiger partial charge is 0.494 e. The van der Waals surface area contributed by atoms with Crippen molar-refractivity contribution < 1.29 is 14.3 Å². The Bertz CT molecular complexity index is 1120. The van der Waals surface area contributed by atoms with Crippen molar-refractivity contribution >= 4 is 29.2 Å². The fourth-order valence-corrected chi connectivity index (χ4v) is 3.68. The van der Waals surface area contributed by atoms with Gasteiger partial charge >= 0.3 is 6.09 Å². The molecule has 33 heavy (non-hydrogen) atoms. The third-order valence-corrected chi connectivity index (χ3v) is 5.47. The Kier molecular flexibility index (Phi) is 7.01. The van der Waals surface area contributed by atoms with Gasteiger partial charge in [-0.2, -0.15) is 10.2 Å². The van der Waals surface area contributed by atoms with Crippen LogP contribution in [0.15, 0.2) is 41.9 Å². The van der Waals surface area contributed by atoms with Crippen LogP contribution < -0.4 is 10.2 Å². The van der Waals surface area contributed by atoms with Crippen molar-refractivity contribution in [2.45, 2.75) is 26.7 Å². The zero-order valence-corrected chi connectivity index (χ0v) is 19.1. The van der Waals surface area contributed by atoms with E-state index in [4.69, 9.17) is 9.47 Å². The van der Waals surface area contributed by atoms with Crippen molar-refractivity contribution in [1.29, 1.82) is 0 Å². The lowest BCUT2D eigenvalue weighted by Gasteiger charge is -2.29. The molecule has 1 aliphatic heterocycles. The molecular formula is C23H29N7O3. The summed E-state index contributed by atoms with van der Waals surface area (Å²) in [6.45, 7) is 5.83. The Morgan fingerprint density at radius 3 is 2.82 bits per heavy atom. The molecule has 4 rings (SSSR count). The first-order valence-electron chi connectivity index (χ1n) is 11.1. The number of ether oxygens (including phenoxy) is 2. The first kappa shape index (κ1) is 22.5. The summed E-state index contributed by atoms with van der Waals surface area (Å²) in [6, 6.07) is 7.63. The van der Waals surface area contributed by atoms with Crippen molar-refractivity contribution in [2.75, 3.05) is 32.2 Å². The monoisotopic (exact) mass is 451 g/mol. The lowest BCUT2D eigenvalue weighted by Crippen LogP contribution is -2.39. The number of amides is 1. The number of hydrazone groups is 1. The third kappa shape index (κ3) is 5.21. The molecule has 0 radical (unpaired) electrons. The van der Waals surface area contributed by atoms with Crippen LogP contribution in [0.1, 0.15) is 26.7 Å². The topological polar surface area (TPSA) is 107 Å². The number of piperidine rings is 1. The van der Waals surface area contributed by atoms with Crippen LogP contribution in [0.5, 0.6) is 5.75 Å². The van der Waals surface area contributed by atoms with Crippen LogP contribution in [0.3, 0.4) is 0 Å². The van der Waals surface area contributed by atoms with Crippen molar-refractivity contribution in [3.8, 4) is 11.4 Å². The number of likely N-dealkylation sites (tertiary alicyclic amines) is 1. The number of nitrogens with one attached hydrogen (secondary N) is 1. The lowest BCUT2D eigenvalue weighted by molar-refractivity contribution is 0.0831. The van der Waals surface area contributed by atoms with E-state index in [1.54, 1.807) is 22.9 Å². The van der Waals surface area contributed by atoms with Gasteiger partial charge in [-0.15, -0.1) is 0 Å². The van der Waals surface area contributed by atoms with Crippen LogP contribution in [-0.2, 0) is 4.74 Å². The molecule has 1 saturated heterocycles. The summed E-state index contributed by atoms with van der Waals surface area (Å²) in [4.78, 5) is 22.6. The van der Waals surface area contributed by atoms with Crippen LogP contribution in [-0.4, -0.2) is 63.8 Å². The maximum absolute atomic E-state index is 12.1. The summed E-state index contributed by atoms with van der Waals surface area (Å²) in [5, 5.41) is 9.63. The van der Waals surface area contributed by atoms with Gasteiger partial charge in [0.15, 0.2) is 11.5 Å². The molecule has 1 aliphatic rings. The molecule has 174 valence electrons. The molecule has 3 heterocycles. The molecular weight excluding hydrogens is 422 g/mol. The molecule has 0 aliphatic carbocycles. The van der Waals surface area contributed by atoms with Gasteiger partial charge in [-0.25, -0.2) is 19.4 Å². The van der Waals surface area contributed by atoms with Crippen molar-refractivity contribution in [3.63, 3.8) is 0 Å². The Morgan fingerprint density at radius 1 is 1.27 bits per heavy atom. The Hall–Kier alpha value is -3.69. The van der Waals surface area contributed by atoms with E-state index >= 15 is 0 Å². The summed E-state index contributed by atoms with van der Waals surface area (Å²) in [5.74, 6) is 1.89. The fourth-order valence-electron chi connectivity index (χ4n) is 3.68. The van der Waals surface area contributed by atoms with Crippen molar-refractivity contribution in [1.82, 2.24) is 24.6 Å². The van der Waals surface area contributed by atoms with Crippen LogP contribution >= 0.6 is 0 Å². The molecule has 10 heteroatoms. The van der Waals surface area contributed by atoms with E-state index in [1.165, 1.54) is 6.33 Å². The van der Waals surface area contributed by atoms with Gasteiger partial charge in [0.2, 0.25) is 0 Å². The average molecular weight is 452 g/mol. The summed E-state index contributed by atoms with van der Waals surface area (Å²) in [7, 11) is 1.63. The molecule has 1 fully saturated rings. The van der Waals surface area contributed by atoms with E-state index < -0.39 is 0 Å². The van der Waals surface area contributed by atoms with Gasteiger partial charge in [0.25, 0.3) is 0 Å². The summed E-state index contributed by atoms with van der Waals surface area (Å²) in [6.07, 6.45) is 6.53. The number of para-hydroxylation sites is 2. The van der Waals surface area contributed by atoms with Gasteiger partial charge in [-0.1, -0.05) is 26.0 Å². The third-order valence-electron chi connectivity index (χ3n) is 5.47. The van der Waals surface area contributed by atoms with E-state index in [9.17, 15) is 4.79 Å². The molecule has 1 N–H and O–H groups in total. The van der Waals surface area contributed by atoms with Crippen LogP contribution in [0.2, 0.25) is 0 Å². The summed E-state index contributed by atoms with van der Waals surface area (Å²) >= 11 is 0. The van der Waals surface area contributed by atoms with Gasteiger partial charge in [-0.05, 0) is 36.8 Å². The Balaban J connectivity index is 1.38. The number of anilines is 1. The molecule has 0 saturated carbocycles. The second-order valence-electron chi connectivity index (χ2n) is 8.37. The number of carbonyl (C=O) groups excluding carboxylic acids is 1. The second kappa shape index (κ2) is 10.3. The minimum absolute atomic E-state index is 0.229. The van der Waals surface area contributed by atoms with E-state index in [-0.39, 0.29) is 12.0 Å². The van der Waals surface area contributed by atoms with Gasteiger partial charge in [-0.3, -0.25) is 5.43 Å². The van der Waals surface area contributed by atoms with Gasteiger partial charge in [0.1, 0.15) is 17.8 Å². The number of rotatable bonds is 7. The normalized spacial score (nSPS) is 14.8. The number of benzene rings is 1. The summed E-state index contributed by atoms with van der Waals surface area (Å²) < 4.78 is 12.5. The van der Waals surface area contributed by atoms with Gasteiger partial charge in [0, 0.05) is 19.3 Å². The molecule has 0 atom stereocenters. The standard InChI is InChI=1S/C23H29N7O3/c1-16(2)14-33-23(31)29-10-8-17(9-11-29)12-26-28-21-18-13-27-30(22(18)25-15-24-21)19-6-4-5-7-20(19)32-3/h4-7,12-13,15-17H,8-11,14H2,1-3H3,(H,24,25,28)/b26-12+. The van der Waals surface area contributed by atoms with Crippen LogP contribution in [0, 0.1) is 11.8 Å². The number of nitrogens with zero attached hydrogens (tertiary/aromatic N) is 6. The highest BCUT2D eigenvalue weighted by Gasteiger charge is 2.23. The predicted molar refractivity (Wildman–Crippen MR) is 126 cm³/mol. The maximum Gasteiger partial charge on any atom is 0.409 e. The highest BCUT2D eigenvalue weighted by molar-refractivity contribution is 5.87. The smallest absolute Gasteiger partial charge is 0.409 e. The highest BCUT2D eigenvalue weighted by atomic mass is 16.6. The SMILES string of the molecule is COc1ccccc1-n1ncc2c(N/N=C/C3CCN(C(=O)OCC(C)C)CC3)ncnc21. The molecule has 0 bridgehead atoms. The first-order valence-corrected chi connectivity index (χ1v) is 11.1. The molecule has 0 spiro atoms. The van der Waals surface area contributed by atoms with Crippen molar-refractivity contribution in [3.05, 3.63) is 36.8 Å². The second-order valence-corrected chi connectivity index (χ2v) is 8.37. The van der Waals surface area contributed by atoms with Crippen LogP contribution in [0.4, 0.5) is 10.6 Å². The maximum atomic E-state index is 12.1. The van der Waals surface area contributed by atoms with Gasteiger partial charge < -0.3 is 14.4 Å². The van der Waals surface area contributed by atoms with E-state index in [0.717, 1.165) is 23.9 Å². The summed E-state index contributed by atoms with van der Waals surface area (Å²) in [5.41, 5.74) is 4.47. The van der Waals surface area contributed by atoms with E-state index in [1.807, 2.05) is 44.3 Å². The minimum Gasteiger partial charge on any atom is -0.494 e. The number of methoxy groups -OCH3 is 1. The van der Waals surface area contributed by atoms with Crippen LogP contribution in [0.25, 0.3) is 16.7 Å². The zero-order chi connectivity index (χ0) is 23.2. The molecule has 1 amide bonds. The molecule has 10 nitrogen and oxygen atoms in total. The average Bonchev–Trinajstić information content (AvgIpc) is 3.28. The minimum atomic E-state index is -0.229. The number of aromatic nitrogens is 4. The molecule has 2 aromatic heterocycles. The molecule has 3 aromatic rings. The fraction of sp³-hybridized carbons (Fsp3) is 0.435. The number of carbonyl (C=O) groups is 1. The quantitative estimate of drug-likeness (QED) is 0.431. The number of hydrogen-bond donors (Lipinski definition) is 1. The number of fused-ring (bicyclic) bond motifs is 1. The van der Waals surface area contributed by atoms with Crippen molar-refractivity contribution in [2.24, 2.45) is 16.9 Å². The predicted octanol–water partition coefficient (Wildman–Crippen LogP) is 3.73. The lowest BCUT2D eigenvalue weighted by atomic mass is 9.99. The van der Waals surface area contributed by atoms with E-state index in [0.29, 0.717) is 42.8 Å². The molecule has 1 aromatic carbocycles. The molecule has 0 unspecified atom stereocenters. The zero-order valence-electron chi connectivity index (χ0n) is 19.1. The Labute approximate surface area is 192 Å².